The Morgan fingerprint density at radius 3 is 0.787 bits per heavy atom. The molecule has 0 N–H and O–H groups in total. The molecule has 0 aromatic rings. The molecule has 3 aliphatic heterocycles. The molecule has 3 heterocycles. The lowest BCUT2D eigenvalue weighted by atomic mass is 9.94. The van der Waals surface area contributed by atoms with Crippen molar-refractivity contribution in [1.82, 2.24) is 14.7 Å². The Kier molecular flexibility index (Phi) is 9.85. The minimum absolute atomic E-state index is 0.180. The van der Waals surface area contributed by atoms with Crippen LogP contribution in [-0.2, 0) is 4.74 Å². The average Bonchev–Trinajstić information content (AvgIpc) is 2.83. The topological polar surface area (TPSA) is 19.0 Å². The van der Waals surface area contributed by atoms with Crippen molar-refractivity contribution in [2.45, 2.75) is 84.5 Å². The van der Waals surface area contributed by atoms with Crippen molar-refractivity contribution in [3.05, 3.63) is 0 Å². The summed E-state index contributed by atoms with van der Waals surface area (Å²) in [5.41, 5.74) is 0. The van der Waals surface area contributed by atoms with E-state index in [1.807, 2.05) is 0 Å². The van der Waals surface area contributed by atoms with E-state index in [9.17, 15) is 114 Å². The van der Waals surface area contributed by atoms with Crippen LogP contribution in [0.2, 0.25) is 0 Å². The second-order valence-electron chi connectivity index (χ2n) is 9.37. The van der Waals surface area contributed by atoms with Crippen LogP contribution in [0.15, 0.2) is 0 Å². The highest BCUT2D eigenvalue weighted by atomic mass is 19.4. The van der Waals surface area contributed by atoms with Crippen molar-refractivity contribution in [3.8, 4) is 0 Å². The zero-order valence-corrected chi connectivity index (χ0v) is 21.8. The molecule has 0 unspecified atom stereocenters. The molecule has 30 heteroatoms. The van der Waals surface area contributed by atoms with Crippen molar-refractivity contribution >= 4 is 0 Å². The zero-order chi connectivity index (χ0) is 38.6. The van der Waals surface area contributed by atoms with Crippen LogP contribution in [0.25, 0.3) is 0 Å². The molecule has 282 valence electrons. The van der Waals surface area contributed by atoms with Gasteiger partial charge in [-0.05, 0) is 21.1 Å². The lowest BCUT2D eigenvalue weighted by Gasteiger charge is -2.50. The number of halogens is 26. The van der Waals surface area contributed by atoms with Gasteiger partial charge in [0.1, 0.15) is 0 Å². The van der Waals surface area contributed by atoms with E-state index in [1.54, 1.807) is 0 Å². The first-order valence-electron chi connectivity index (χ1n) is 10.7. The van der Waals surface area contributed by atoms with Crippen molar-refractivity contribution in [1.29, 1.82) is 0 Å². The van der Waals surface area contributed by atoms with Crippen molar-refractivity contribution < 1.29 is 119 Å². The predicted octanol–water partition coefficient (Wildman–Crippen LogP) is 8.12. The Bertz CT molecular complexity index is 1030. The van der Waals surface area contributed by atoms with Crippen LogP contribution in [0.5, 0.6) is 0 Å². The predicted molar refractivity (Wildman–Crippen MR) is 93.3 cm³/mol. The molecule has 0 aliphatic carbocycles. The van der Waals surface area contributed by atoms with E-state index in [-0.39, 0.29) is 14.1 Å². The third-order valence-electron chi connectivity index (χ3n) is 6.35. The molecule has 3 fully saturated rings. The smallest absolute Gasteiger partial charge is 0.243 e. The van der Waals surface area contributed by atoms with Crippen molar-refractivity contribution in [2.75, 3.05) is 21.1 Å². The number of morpholine rings is 1. The van der Waals surface area contributed by atoms with Gasteiger partial charge in [-0.3, -0.25) is 0 Å². The number of ether oxygens (including phenoxy) is 1. The summed E-state index contributed by atoms with van der Waals surface area (Å²) in [6.45, 7) is 0. The maximum Gasteiger partial charge on any atom is 0.439 e. The van der Waals surface area contributed by atoms with E-state index in [2.05, 4.69) is 4.74 Å². The van der Waals surface area contributed by atoms with Crippen LogP contribution in [0.4, 0.5) is 114 Å². The molecule has 0 spiro atoms. The number of hydrogen-bond acceptors (Lipinski definition) is 4. The standard InChI is InChI=1S/C6H3F10N.C6H5F8N.C5H3F8NO/c1-17-5(13,14)3(9,10)2(7,8)4(11,12)6(17,15)16;1-15-5(11,12)3(7,8)2-4(9,10)6(15,13)14;1-14-2(6,7)4(10,11)15-5(12,13)3(14,8)9/h1H3;2H2,1H3;1H3. The number of rotatable bonds is 0. The van der Waals surface area contributed by atoms with Crippen LogP contribution >= 0.6 is 0 Å². The van der Waals surface area contributed by atoms with Gasteiger partial charge in [-0.2, -0.15) is 129 Å². The van der Waals surface area contributed by atoms with E-state index >= 15 is 0 Å². The number of hydrogen-bond donors (Lipinski definition) is 0. The third kappa shape index (κ3) is 5.58. The van der Waals surface area contributed by atoms with Gasteiger partial charge in [0.15, 0.2) is 0 Å². The highest BCUT2D eigenvalue weighted by Gasteiger charge is 2.94. The molecule has 4 nitrogen and oxygen atoms in total. The molecule has 0 aromatic heterocycles. The Hall–Kier alpha value is -1.98. The monoisotopic (exact) mass is 767 g/mol. The quantitative estimate of drug-likeness (QED) is 0.183. The largest absolute Gasteiger partial charge is 0.439 e. The summed E-state index contributed by atoms with van der Waals surface area (Å²) in [6.07, 6.45) is -14.3. The molecule has 0 radical (unpaired) electrons. The van der Waals surface area contributed by atoms with Gasteiger partial charge in [-0.25, -0.2) is 4.74 Å². The normalized spacial score (nSPS) is 32.9. The number of likely N-dealkylation sites (tertiary alicyclic amines) is 2. The maximum absolute atomic E-state index is 12.6. The first-order valence-corrected chi connectivity index (χ1v) is 10.7. The SMILES string of the molecule is CN1C(F)(F)C(F)(F)C(F)(F)C(F)(F)C1(F)F.CN1C(F)(F)C(F)(F)CC(F)(F)C1(F)F.CN1C(F)(F)C(F)(F)OC(F)(F)C1(F)F. The summed E-state index contributed by atoms with van der Waals surface area (Å²) in [5, 5.41) is 0. The molecule has 3 saturated heterocycles. The highest BCUT2D eigenvalue weighted by Crippen LogP contribution is 2.64. The molecule has 3 aliphatic rings. The van der Waals surface area contributed by atoms with E-state index in [0.29, 0.717) is 0 Å². The second-order valence-corrected chi connectivity index (χ2v) is 9.37. The Labute approximate surface area is 240 Å². The Balaban J connectivity index is 0.000000353. The number of alkyl halides is 26. The summed E-state index contributed by atoms with van der Waals surface area (Å²) < 4.78 is 326. The number of nitrogens with zero attached hydrogens (tertiary/aromatic N) is 3. The fourth-order valence-electron chi connectivity index (χ4n) is 3.18. The van der Waals surface area contributed by atoms with Crippen molar-refractivity contribution in [3.63, 3.8) is 0 Å². The fraction of sp³-hybridized carbons (Fsp3) is 1.00. The molecule has 47 heavy (non-hydrogen) atoms. The Morgan fingerprint density at radius 1 is 0.319 bits per heavy atom. The van der Waals surface area contributed by atoms with Crippen LogP contribution in [0.3, 0.4) is 0 Å². The first kappa shape index (κ1) is 43.0. The molecule has 0 saturated carbocycles. The van der Waals surface area contributed by atoms with E-state index in [1.165, 1.54) is 0 Å². The molecule has 0 bridgehead atoms. The lowest BCUT2D eigenvalue weighted by Crippen LogP contribution is -2.80. The van der Waals surface area contributed by atoms with Gasteiger partial charge in [0, 0.05) is 0 Å². The van der Waals surface area contributed by atoms with Crippen molar-refractivity contribution in [2.24, 2.45) is 0 Å². The van der Waals surface area contributed by atoms with E-state index in [4.69, 9.17) is 0 Å². The van der Waals surface area contributed by atoms with Gasteiger partial charge in [-0.15, -0.1) is 0 Å². The summed E-state index contributed by atoms with van der Waals surface area (Å²) in [7, 11) is -0.942. The van der Waals surface area contributed by atoms with Crippen LogP contribution < -0.4 is 0 Å². The van der Waals surface area contributed by atoms with Gasteiger partial charge < -0.3 is 0 Å². The summed E-state index contributed by atoms with van der Waals surface area (Å²) in [5.74, 6) is -30.6. The lowest BCUT2D eigenvalue weighted by molar-refractivity contribution is -0.559. The average molecular weight is 767 g/mol. The van der Waals surface area contributed by atoms with Crippen LogP contribution in [-0.4, -0.2) is 114 Å². The molecular formula is C17H11F26N3O. The first-order chi connectivity index (χ1) is 19.9. The van der Waals surface area contributed by atoms with Gasteiger partial charge in [0.05, 0.1) is 6.42 Å². The Morgan fingerprint density at radius 2 is 0.532 bits per heavy atom. The number of piperidine rings is 2. The minimum atomic E-state index is -6.89. The maximum atomic E-state index is 12.6. The number of likely N-dealkylation sites (N-methyl/N-ethyl adjacent to an activating group) is 1. The van der Waals surface area contributed by atoms with Gasteiger partial charge in [0.2, 0.25) is 0 Å². The zero-order valence-electron chi connectivity index (χ0n) is 21.8. The van der Waals surface area contributed by atoms with Gasteiger partial charge in [0.25, 0.3) is 0 Å². The summed E-state index contributed by atoms with van der Waals surface area (Å²) in [4.78, 5) is -5.37. The van der Waals surface area contributed by atoms with Gasteiger partial charge in [-0.1, -0.05) is 0 Å². The highest BCUT2D eigenvalue weighted by molar-refractivity contribution is 5.13. The van der Waals surface area contributed by atoms with E-state index < -0.39 is 106 Å². The van der Waals surface area contributed by atoms with Gasteiger partial charge >= 0.3 is 78.1 Å². The van der Waals surface area contributed by atoms with E-state index in [0.717, 1.165) is 0 Å². The summed E-state index contributed by atoms with van der Waals surface area (Å²) in [6, 6.07) is -33.9. The second kappa shape index (κ2) is 10.8. The summed E-state index contributed by atoms with van der Waals surface area (Å²) >= 11 is 0. The molecule has 0 atom stereocenters. The van der Waals surface area contributed by atoms with Crippen LogP contribution in [0.1, 0.15) is 6.42 Å². The molecule has 3 rings (SSSR count). The minimum Gasteiger partial charge on any atom is -0.243 e. The third-order valence-corrected chi connectivity index (χ3v) is 6.35. The fourth-order valence-corrected chi connectivity index (χ4v) is 3.18. The molecule has 0 aromatic carbocycles. The molecule has 0 amide bonds. The molecular weight excluding hydrogens is 756 g/mol. The van der Waals surface area contributed by atoms with Crippen LogP contribution in [0, 0.1) is 0 Å².